The molecule has 0 aromatic heterocycles. The number of carbonyl (C=O) groups is 2. The number of carbonyl (C=O) groups excluding carboxylic acids is 1. The van der Waals surface area contributed by atoms with Crippen molar-refractivity contribution in [3.05, 3.63) is 0 Å². The molecule has 0 radical (unpaired) electrons. The van der Waals surface area contributed by atoms with Crippen LogP contribution in [0.5, 0.6) is 0 Å². The van der Waals surface area contributed by atoms with Crippen molar-refractivity contribution in [2.45, 2.75) is 57.9 Å². The van der Waals surface area contributed by atoms with Gasteiger partial charge in [-0.1, -0.05) is 26.2 Å². The number of carboxylic acid groups (broad SMARTS) is 1. The van der Waals surface area contributed by atoms with E-state index in [4.69, 9.17) is 5.11 Å². The highest BCUT2D eigenvalue weighted by Crippen LogP contribution is 2.32. The molecule has 0 aromatic rings. The lowest BCUT2D eigenvalue weighted by Gasteiger charge is -2.26. The van der Waals surface area contributed by atoms with E-state index in [-0.39, 0.29) is 11.9 Å². The minimum atomic E-state index is -0.927. The molecule has 0 bridgehead atoms. The summed E-state index contributed by atoms with van der Waals surface area (Å²) in [6.45, 7) is 2.93. The van der Waals surface area contributed by atoms with Crippen molar-refractivity contribution < 1.29 is 14.7 Å². The van der Waals surface area contributed by atoms with Gasteiger partial charge < -0.3 is 15.7 Å². The van der Waals surface area contributed by atoms with Crippen LogP contribution >= 0.6 is 0 Å². The molecule has 2 aliphatic rings. The van der Waals surface area contributed by atoms with Gasteiger partial charge in [0.05, 0.1) is 0 Å². The maximum Gasteiger partial charge on any atom is 0.326 e. The number of nitrogens with one attached hydrogen (secondary N) is 2. The van der Waals surface area contributed by atoms with Gasteiger partial charge >= 0.3 is 12.0 Å². The first-order valence-corrected chi connectivity index (χ1v) is 7.83. The normalized spacial score (nSPS) is 27.6. The second-order valence-electron chi connectivity index (χ2n) is 6.48. The molecule has 3 unspecified atom stereocenters. The van der Waals surface area contributed by atoms with Crippen molar-refractivity contribution in [3.63, 3.8) is 0 Å². The molecule has 2 fully saturated rings. The van der Waals surface area contributed by atoms with Crippen molar-refractivity contribution in [2.24, 2.45) is 17.8 Å². The van der Waals surface area contributed by atoms with Gasteiger partial charge in [0, 0.05) is 6.54 Å². The number of hydrogen-bond donors (Lipinski definition) is 3. The van der Waals surface area contributed by atoms with Crippen molar-refractivity contribution in [3.8, 4) is 0 Å². The lowest BCUT2D eigenvalue weighted by molar-refractivity contribution is -0.139. The minimum Gasteiger partial charge on any atom is -0.480 e. The Labute approximate surface area is 120 Å². The number of amides is 2. The first-order chi connectivity index (χ1) is 9.56. The Morgan fingerprint density at radius 2 is 2.00 bits per heavy atom. The quantitative estimate of drug-likeness (QED) is 0.700. The predicted octanol–water partition coefficient (Wildman–Crippen LogP) is 2.37. The van der Waals surface area contributed by atoms with E-state index in [1.807, 2.05) is 0 Å². The topological polar surface area (TPSA) is 78.4 Å². The number of rotatable bonds is 6. The third kappa shape index (κ3) is 4.69. The van der Waals surface area contributed by atoms with Crippen LogP contribution in [0.15, 0.2) is 0 Å². The lowest BCUT2D eigenvalue weighted by Crippen LogP contribution is -2.47. The van der Waals surface area contributed by atoms with Crippen LogP contribution in [0, 0.1) is 17.8 Å². The standard InChI is InChI=1S/C15H26N2O3/c1-10-3-2-4-11(9-10)7-8-16-15(20)17-13(14(18)19)12-5-6-12/h10-13H,2-9H2,1H3,(H,18,19)(H2,16,17,20). The molecule has 0 heterocycles. The average molecular weight is 282 g/mol. The van der Waals surface area contributed by atoms with Gasteiger partial charge in [-0.25, -0.2) is 9.59 Å². The van der Waals surface area contributed by atoms with E-state index in [0.29, 0.717) is 12.5 Å². The summed E-state index contributed by atoms with van der Waals surface area (Å²) in [6.07, 6.45) is 7.93. The van der Waals surface area contributed by atoms with Gasteiger partial charge in [-0.05, 0) is 43.4 Å². The van der Waals surface area contributed by atoms with Crippen molar-refractivity contribution in [2.75, 3.05) is 6.54 Å². The third-order valence-electron chi connectivity index (χ3n) is 4.53. The second-order valence-corrected chi connectivity index (χ2v) is 6.48. The van der Waals surface area contributed by atoms with Crippen LogP contribution in [-0.4, -0.2) is 29.7 Å². The molecule has 0 aliphatic heterocycles. The molecule has 2 aliphatic carbocycles. The summed E-state index contributed by atoms with van der Waals surface area (Å²) < 4.78 is 0. The molecule has 2 saturated carbocycles. The highest BCUT2D eigenvalue weighted by atomic mass is 16.4. The molecule has 3 N–H and O–H groups in total. The number of aliphatic carboxylic acids is 1. The highest BCUT2D eigenvalue weighted by Gasteiger charge is 2.37. The van der Waals surface area contributed by atoms with Crippen LogP contribution in [0.1, 0.15) is 51.9 Å². The van der Waals surface area contributed by atoms with Crippen molar-refractivity contribution in [1.29, 1.82) is 0 Å². The smallest absolute Gasteiger partial charge is 0.326 e. The molecule has 0 saturated heterocycles. The van der Waals surface area contributed by atoms with Gasteiger partial charge in [-0.15, -0.1) is 0 Å². The molecule has 0 spiro atoms. The zero-order valence-electron chi connectivity index (χ0n) is 12.2. The molecule has 5 heteroatoms. The monoisotopic (exact) mass is 282 g/mol. The molecule has 20 heavy (non-hydrogen) atoms. The van der Waals surface area contributed by atoms with Gasteiger partial charge in [0.25, 0.3) is 0 Å². The predicted molar refractivity (Wildman–Crippen MR) is 76.4 cm³/mol. The largest absolute Gasteiger partial charge is 0.480 e. The van der Waals surface area contributed by atoms with E-state index in [0.717, 1.165) is 25.2 Å². The van der Waals surface area contributed by atoms with E-state index in [1.54, 1.807) is 0 Å². The van der Waals surface area contributed by atoms with E-state index < -0.39 is 12.0 Å². The first kappa shape index (κ1) is 15.1. The van der Waals surface area contributed by atoms with E-state index >= 15 is 0 Å². The summed E-state index contributed by atoms with van der Waals surface area (Å²) in [5, 5.41) is 14.4. The Morgan fingerprint density at radius 3 is 2.60 bits per heavy atom. The SMILES string of the molecule is CC1CCCC(CCNC(=O)NC(C(=O)O)C2CC2)C1. The molecule has 5 nitrogen and oxygen atoms in total. The Morgan fingerprint density at radius 1 is 1.25 bits per heavy atom. The molecule has 2 amide bonds. The van der Waals surface area contributed by atoms with E-state index in [9.17, 15) is 9.59 Å². The van der Waals surface area contributed by atoms with Crippen LogP contribution in [0.25, 0.3) is 0 Å². The van der Waals surface area contributed by atoms with Gasteiger partial charge in [0.1, 0.15) is 6.04 Å². The fourth-order valence-corrected chi connectivity index (χ4v) is 3.21. The summed E-state index contributed by atoms with van der Waals surface area (Å²) in [7, 11) is 0. The van der Waals surface area contributed by atoms with Gasteiger partial charge in [0.15, 0.2) is 0 Å². The van der Waals surface area contributed by atoms with Gasteiger partial charge in [-0.3, -0.25) is 0 Å². The van der Waals surface area contributed by atoms with Crippen molar-refractivity contribution >= 4 is 12.0 Å². The maximum atomic E-state index is 11.7. The Kier molecular flexibility index (Phi) is 5.26. The minimum absolute atomic E-state index is 0.123. The van der Waals surface area contributed by atoms with Crippen LogP contribution in [0.4, 0.5) is 4.79 Å². The maximum absolute atomic E-state index is 11.7. The molecule has 114 valence electrons. The Balaban J connectivity index is 1.63. The summed E-state index contributed by atoms with van der Waals surface area (Å²) >= 11 is 0. The summed E-state index contributed by atoms with van der Waals surface area (Å²) in [4.78, 5) is 22.7. The first-order valence-electron chi connectivity index (χ1n) is 7.83. The summed E-state index contributed by atoms with van der Waals surface area (Å²) in [5.74, 6) is 0.702. The fraction of sp³-hybridized carbons (Fsp3) is 0.867. The van der Waals surface area contributed by atoms with Crippen LogP contribution in [0.3, 0.4) is 0 Å². The summed E-state index contributed by atoms with van der Waals surface area (Å²) in [5.41, 5.74) is 0. The van der Waals surface area contributed by atoms with Gasteiger partial charge in [0.2, 0.25) is 0 Å². The number of carboxylic acids is 1. The zero-order valence-corrected chi connectivity index (χ0v) is 12.2. The fourth-order valence-electron chi connectivity index (χ4n) is 3.21. The Bertz CT molecular complexity index is 355. The average Bonchev–Trinajstić information content (AvgIpc) is 3.20. The molecule has 3 atom stereocenters. The molecular weight excluding hydrogens is 256 g/mol. The van der Waals surface area contributed by atoms with Crippen molar-refractivity contribution in [1.82, 2.24) is 10.6 Å². The van der Waals surface area contributed by atoms with Crippen LogP contribution in [-0.2, 0) is 4.79 Å². The van der Waals surface area contributed by atoms with Crippen LogP contribution < -0.4 is 10.6 Å². The Hall–Kier alpha value is -1.26. The molecule has 2 rings (SSSR count). The summed E-state index contributed by atoms with van der Waals surface area (Å²) in [6, 6.07) is -1.06. The highest BCUT2D eigenvalue weighted by molar-refractivity contribution is 5.83. The molecule has 0 aromatic carbocycles. The number of hydrogen-bond acceptors (Lipinski definition) is 2. The van der Waals surface area contributed by atoms with Gasteiger partial charge in [-0.2, -0.15) is 0 Å². The number of urea groups is 1. The zero-order chi connectivity index (χ0) is 14.5. The third-order valence-corrected chi connectivity index (χ3v) is 4.53. The van der Waals surface area contributed by atoms with E-state index in [2.05, 4.69) is 17.6 Å². The van der Waals surface area contributed by atoms with Crippen LogP contribution in [0.2, 0.25) is 0 Å². The van der Waals surface area contributed by atoms with E-state index in [1.165, 1.54) is 25.7 Å². The molecular formula is C15H26N2O3. The second kappa shape index (κ2) is 6.95. The lowest BCUT2D eigenvalue weighted by atomic mass is 9.81.